The van der Waals surface area contributed by atoms with E-state index in [1.807, 2.05) is 6.92 Å². The van der Waals surface area contributed by atoms with Crippen molar-refractivity contribution in [1.82, 2.24) is 9.88 Å². The number of halogens is 1. The van der Waals surface area contributed by atoms with Gasteiger partial charge in [0.2, 0.25) is 5.56 Å². The number of amides is 1. The second kappa shape index (κ2) is 4.92. The number of carbonyl (C=O) groups is 1. The van der Waals surface area contributed by atoms with Crippen LogP contribution in [0.3, 0.4) is 0 Å². The Hall–Kier alpha value is -1.29. The highest BCUT2D eigenvalue weighted by Crippen LogP contribution is 2.22. The first-order valence-electron chi connectivity index (χ1n) is 5.70. The molecule has 0 aromatic carbocycles. The number of hydrogen-bond acceptors (Lipinski definition) is 2. The summed E-state index contributed by atoms with van der Waals surface area (Å²) < 4.78 is 0. The van der Waals surface area contributed by atoms with Gasteiger partial charge in [-0.1, -0.05) is 6.92 Å². The molecule has 92 valence electrons. The fourth-order valence-electron chi connectivity index (χ4n) is 2.03. The van der Waals surface area contributed by atoms with Gasteiger partial charge in [0.15, 0.2) is 0 Å². The molecule has 1 fully saturated rings. The summed E-state index contributed by atoms with van der Waals surface area (Å²) in [7, 11) is 0. The second-order valence-electron chi connectivity index (χ2n) is 4.47. The zero-order valence-corrected chi connectivity index (χ0v) is 10.4. The van der Waals surface area contributed by atoms with Gasteiger partial charge in [0.25, 0.3) is 5.91 Å². The summed E-state index contributed by atoms with van der Waals surface area (Å²) in [6.07, 6.45) is 2.28. The molecule has 0 radical (unpaired) electrons. The highest BCUT2D eigenvalue weighted by molar-refractivity contribution is 6.20. The number of nitrogens with one attached hydrogen (secondary N) is 1. The first-order valence-corrected chi connectivity index (χ1v) is 6.13. The van der Waals surface area contributed by atoms with Crippen LogP contribution in [-0.2, 0) is 0 Å². The Labute approximate surface area is 105 Å². The standard InChI is InChI=1S/C12H15ClN2O2/c1-8-7-15(5-4-10(8)13)12(17)9-2-3-11(16)14-6-9/h2-3,6,8,10H,4-5,7H2,1H3,(H,14,16). The number of rotatable bonds is 1. The molecule has 1 aliphatic rings. The van der Waals surface area contributed by atoms with Crippen LogP contribution in [0.4, 0.5) is 0 Å². The molecule has 2 rings (SSSR count). The second-order valence-corrected chi connectivity index (χ2v) is 5.04. The van der Waals surface area contributed by atoms with E-state index in [-0.39, 0.29) is 16.8 Å². The number of alkyl halides is 1. The van der Waals surface area contributed by atoms with Crippen LogP contribution >= 0.6 is 11.6 Å². The Kier molecular flexibility index (Phi) is 3.52. The molecular formula is C12H15ClN2O2. The normalized spacial score (nSPS) is 24.7. The highest BCUT2D eigenvalue weighted by Gasteiger charge is 2.27. The van der Waals surface area contributed by atoms with Gasteiger partial charge in [-0.25, -0.2) is 0 Å². The van der Waals surface area contributed by atoms with E-state index in [1.54, 1.807) is 11.0 Å². The van der Waals surface area contributed by atoms with Crippen molar-refractivity contribution in [3.63, 3.8) is 0 Å². The molecular weight excluding hydrogens is 240 g/mol. The highest BCUT2D eigenvalue weighted by atomic mass is 35.5. The molecule has 2 unspecified atom stereocenters. The maximum Gasteiger partial charge on any atom is 0.255 e. The Bertz CT molecular complexity index is 451. The molecule has 1 aromatic rings. The molecule has 1 aliphatic heterocycles. The van der Waals surface area contributed by atoms with Crippen molar-refractivity contribution < 1.29 is 4.79 Å². The van der Waals surface area contributed by atoms with E-state index in [1.165, 1.54) is 12.3 Å². The van der Waals surface area contributed by atoms with Crippen molar-refractivity contribution in [1.29, 1.82) is 0 Å². The number of nitrogens with zero attached hydrogens (tertiary/aromatic N) is 1. The topological polar surface area (TPSA) is 53.2 Å². The average molecular weight is 255 g/mol. The maximum absolute atomic E-state index is 12.1. The Balaban J connectivity index is 2.10. The van der Waals surface area contributed by atoms with Gasteiger partial charge in [0.1, 0.15) is 0 Å². The molecule has 5 heteroatoms. The van der Waals surface area contributed by atoms with Crippen LogP contribution in [0.5, 0.6) is 0 Å². The smallest absolute Gasteiger partial charge is 0.255 e. The zero-order valence-electron chi connectivity index (χ0n) is 9.65. The molecule has 0 bridgehead atoms. The van der Waals surface area contributed by atoms with Crippen molar-refractivity contribution in [2.24, 2.45) is 5.92 Å². The summed E-state index contributed by atoms with van der Waals surface area (Å²) in [4.78, 5) is 27.3. The van der Waals surface area contributed by atoms with E-state index < -0.39 is 0 Å². The van der Waals surface area contributed by atoms with Gasteiger partial charge < -0.3 is 9.88 Å². The molecule has 1 amide bonds. The van der Waals surface area contributed by atoms with Crippen molar-refractivity contribution in [3.8, 4) is 0 Å². The summed E-state index contributed by atoms with van der Waals surface area (Å²) in [5.74, 6) is 0.258. The minimum atomic E-state index is -0.200. The summed E-state index contributed by atoms with van der Waals surface area (Å²) in [5.41, 5.74) is 0.319. The molecule has 0 aliphatic carbocycles. The van der Waals surface area contributed by atoms with E-state index in [9.17, 15) is 9.59 Å². The predicted molar refractivity (Wildman–Crippen MR) is 66.4 cm³/mol. The Morgan fingerprint density at radius 3 is 2.88 bits per heavy atom. The number of likely N-dealkylation sites (tertiary alicyclic amines) is 1. The van der Waals surface area contributed by atoms with Crippen molar-refractivity contribution in [2.45, 2.75) is 18.7 Å². The van der Waals surface area contributed by atoms with Crippen LogP contribution in [0.15, 0.2) is 23.1 Å². The molecule has 1 saturated heterocycles. The number of aromatic amines is 1. The van der Waals surface area contributed by atoms with Crippen LogP contribution in [0.1, 0.15) is 23.7 Å². The summed E-state index contributed by atoms with van der Waals surface area (Å²) in [6.45, 7) is 3.40. The minimum absolute atomic E-state index is 0.0448. The van der Waals surface area contributed by atoms with E-state index in [2.05, 4.69) is 4.98 Å². The van der Waals surface area contributed by atoms with Crippen molar-refractivity contribution >= 4 is 17.5 Å². The van der Waals surface area contributed by atoms with E-state index in [0.29, 0.717) is 24.6 Å². The largest absolute Gasteiger partial charge is 0.338 e. The molecule has 2 heterocycles. The SMILES string of the molecule is CC1CN(C(=O)c2ccc(=O)[nH]c2)CCC1Cl. The molecule has 2 atom stereocenters. The molecule has 4 nitrogen and oxygen atoms in total. The van der Waals surface area contributed by atoms with Crippen LogP contribution < -0.4 is 5.56 Å². The molecule has 17 heavy (non-hydrogen) atoms. The number of pyridine rings is 1. The van der Waals surface area contributed by atoms with Gasteiger partial charge in [-0.05, 0) is 18.4 Å². The predicted octanol–water partition coefficient (Wildman–Crippen LogP) is 1.46. The molecule has 1 N–H and O–H groups in total. The summed E-state index contributed by atoms with van der Waals surface area (Å²) >= 11 is 6.12. The lowest BCUT2D eigenvalue weighted by Gasteiger charge is -2.34. The van der Waals surface area contributed by atoms with Gasteiger partial charge in [-0.3, -0.25) is 9.59 Å². The number of piperidine rings is 1. The van der Waals surface area contributed by atoms with Gasteiger partial charge in [-0.15, -0.1) is 11.6 Å². The van der Waals surface area contributed by atoms with E-state index >= 15 is 0 Å². The lowest BCUT2D eigenvalue weighted by molar-refractivity contribution is 0.0686. The van der Waals surface area contributed by atoms with Crippen molar-refractivity contribution in [3.05, 3.63) is 34.2 Å². The van der Waals surface area contributed by atoms with Gasteiger partial charge in [-0.2, -0.15) is 0 Å². The lowest BCUT2D eigenvalue weighted by Crippen LogP contribution is -2.43. The Morgan fingerprint density at radius 1 is 1.53 bits per heavy atom. The molecule has 0 saturated carbocycles. The first-order chi connectivity index (χ1) is 8.08. The summed E-state index contributed by atoms with van der Waals surface area (Å²) in [5, 5.41) is 0.148. The fourth-order valence-corrected chi connectivity index (χ4v) is 2.20. The zero-order chi connectivity index (χ0) is 12.4. The van der Waals surface area contributed by atoms with Gasteiger partial charge in [0, 0.05) is 30.7 Å². The minimum Gasteiger partial charge on any atom is -0.338 e. The lowest BCUT2D eigenvalue weighted by atomic mass is 9.99. The van der Waals surface area contributed by atoms with Crippen LogP contribution in [0.25, 0.3) is 0 Å². The van der Waals surface area contributed by atoms with Crippen molar-refractivity contribution in [2.75, 3.05) is 13.1 Å². The van der Waals surface area contributed by atoms with Crippen LogP contribution in [-0.4, -0.2) is 34.3 Å². The van der Waals surface area contributed by atoms with Crippen LogP contribution in [0.2, 0.25) is 0 Å². The average Bonchev–Trinajstić information content (AvgIpc) is 2.33. The van der Waals surface area contributed by atoms with Gasteiger partial charge >= 0.3 is 0 Å². The van der Waals surface area contributed by atoms with Gasteiger partial charge in [0.05, 0.1) is 5.56 Å². The number of hydrogen-bond donors (Lipinski definition) is 1. The van der Waals surface area contributed by atoms with E-state index in [0.717, 1.165) is 6.42 Å². The Morgan fingerprint density at radius 2 is 2.29 bits per heavy atom. The third kappa shape index (κ3) is 2.69. The quantitative estimate of drug-likeness (QED) is 0.772. The fraction of sp³-hybridized carbons (Fsp3) is 0.500. The summed E-state index contributed by atoms with van der Waals surface area (Å²) in [6, 6.07) is 2.92. The number of carbonyl (C=O) groups excluding carboxylic acids is 1. The van der Waals surface area contributed by atoms with E-state index in [4.69, 9.17) is 11.6 Å². The number of aromatic nitrogens is 1. The monoisotopic (exact) mass is 254 g/mol. The third-order valence-electron chi connectivity index (χ3n) is 3.12. The molecule has 1 aromatic heterocycles. The maximum atomic E-state index is 12.1. The number of H-pyrrole nitrogens is 1. The third-order valence-corrected chi connectivity index (χ3v) is 3.77. The molecule has 0 spiro atoms. The van der Waals surface area contributed by atoms with Crippen LogP contribution in [0, 0.1) is 5.92 Å². The first kappa shape index (κ1) is 12.2.